The van der Waals surface area contributed by atoms with Crippen LogP contribution in [0.2, 0.25) is 0 Å². The summed E-state index contributed by atoms with van der Waals surface area (Å²) in [7, 11) is 3.18. The SMILES string of the molecule is COc1ccc(CC(=O)NC(C)c2nc3ccccc3n2CCCCOc2ccc(C)c(C)c2)cc1OC. The quantitative estimate of drug-likeness (QED) is 0.236. The number of nitrogens with zero attached hydrogens (tertiary/aromatic N) is 2. The number of aryl methyl sites for hydroxylation is 3. The number of carbonyl (C=O) groups is 1. The summed E-state index contributed by atoms with van der Waals surface area (Å²) in [5, 5.41) is 3.13. The van der Waals surface area contributed by atoms with Crippen LogP contribution in [0.1, 0.15) is 48.3 Å². The molecule has 0 aliphatic rings. The zero-order valence-electron chi connectivity index (χ0n) is 22.9. The number of imidazole rings is 1. The molecule has 7 nitrogen and oxygen atoms in total. The molecule has 0 aliphatic carbocycles. The number of rotatable bonds is 12. The molecule has 4 aromatic rings. The van der Waals surface area contributed by atoms with Gasteiger partial charge in [-0.15, -0.1) is 0 Å². The molecule has 0 radical (unpaired) electrons. The molecule has 4 rings (SSSR count). The summed E-state index contributed by atoms with van der Waals surface area (Å²) in [5.74, 6) is 2.92. The van der Waals surface area contributed by atoms with Crippen LogP contribution in [0.25, 0.3) is 11.0 Å². The fourth-order valence-corrected chi connectivity index (χ4v) is 4.56. The van der Waals surface area contributed by atoms with Crippen LogP contribution in [-0.2, 0) is 17.8 Å². The largest absolute Gasteiger partial charge is 0.494 e. The normalized spacial score (nSPS) is 11.8. The molecule has 1 unspecified atom stereocenters. The standard InChI is InChI=1S/C31H37N3O4/c1-21-12-14-25(18-22(21)2)38-17-9-8-16-34-27-11-7-6-10-26(27)33-31(34)23(3)32-30(35)20-24-13-15-28(36-4)29(19-24)37-5/h6-7,10-15,18-19,23H,8-9,16-17,20H2,1-5H3,(H,32,35). The summed E-state index contributed by atoms with van der Waals surface area (Å²) >= 11 is 0. The molecule has 200 valence electrons. The van der Waals surface area contributed by atoms with Gasteiger partial charge in [-0.05, 0) is 86.7 Å². The zero-order valence-corrected chi connectivity index (χ0v) is 22.9. The number of unbranched alkanes of at least 4 members (excludes halogenated alkanes) is 1. The number of hydrogen-bond acceptors (Lipinski definition) is 5. The molecular weight excluding hydrogens is 478 g/mol. The molecule has 1 aromatic heterocycles. The van der Waals surface area contributed by atoms with Crippen LogP contribution in [0, 0.1) is 13.8 Å². The first-order valence-corrected chi connectivity index (χ1v) is 13.0. The summed E-state index contributed by atoms with van der Waals surface area (Å²) in [6.07, 6.45) is 2.09. The molecule has 1 heterocycles. The number of amides is 1. The number of para-hydroxylation sites is 2. The average molecular weight is 516 g/mol. The number of carbonyl (C=O) groups excluding carboxylic acids is 1. The van der Waals surface area contributed by atoms with E-state index in [0.29, 0.717) is 18.1 Å². The predicted octanol–water partition coefficient (Wildman–Crippen LogP) is 5.95. The molecule has 0 saturated carbocycles. The lowest BCUT2D eigenvalue weighted by atomic mass is 10.1. The molecule has 38 heavy (non-hydrogen) atoms. The Morgan fingerprint density at radius 1 is 0.947 bits per heavy atom. The van der Waals surface area contributed by atoms with Gasteiger partial charge in [-0.1, -0.05) is 24.3 Å². The van der Waals surface area contributed by atoms with Crippen molar-refractivity contribution < 1.29 is 19.0 Å². The van der Waals surface area contributed by atoms with Crippen molar-refractivity contribution in [3.05, 3.63) is 83.2 Å². The molecular formula is C31H37N3O4. The smallest absolute Gasteiger partial charge is 0.224 e. The van der Waals surface area contributed by atoms with Crippen LogP contribution in [-0.4, -0.2) is 36.3 Å². The first kappa shape index (κ1) is 27.0. The molecule has 0 aliphatic heterocycles. The van der Waals surface area contributed by atoms with Gasteiger partial charge in [0, 0.05) is 6.54 Å². The maximum absolute atomic E-state index is 12.9. The number of hydrogen-bond donors (Lipinski definition) is 1. The predicted molar refractivity (Wildman–Crippen MR) is 150 cm³/mol. The summed E-state index contributed by atoms with van der Waals surface area (Å²) in [4.78, 5) is 17.8. The van der Waals surface area contributed by atoms with Crippen LogP contribution in [0.4, 0.5) is 0 Å². The van der Waals surface area contributed by atoms with Crippen molar-refractivity contribution in [1.29, 1.82) is 0 Å². The molecule has 3 aromatic carbocycles. The highest BCUT2D eigenvalue weighted by Crippen LogP contribution is 2.28. The van der Waals surface area contributed by atoms with E-state index in [2.05, 4.69) is 41.9 Å². The van der Waals surface area contributed by atoms with E-state index in [0.717, 1.165) is 47.6 Å². The lowest BCUT2D eigenvalue weighted by molar-refractivity contribution is -0.121. The number of methoxy groups -OCH3 is 2. The van der Waals surface area contributed by atoms with Gasteiger partial charge in [0.25, 0.3) is 0 Å². The highest BCUT2D eigenvalue weighted by atomic mass is 16.5. The first-order chi connectivity index (χ1) is 18.4. The molecule has 0 bridgehead atoms. The minimum atomic E-state index is -0.248. The topological polar surface area (TPSA) is 74.6 Å². The second-order valence-electron chi connectivity index (χ2n) is 9.57. The number of ether oxygens (including phenoxy) is 3. The highest BCUT2D eigenvalue weighted by molar-refractivity contribution is 5.80. The van der Waals surface area contributed by atoms with E-state index in [1.165, 1.54) is 11.1 Å². The van der Waals surface area contributed by atoms with Crippen molar-refractivity contribution in [3.8, 4) is 17.2 Å². The molecule has 0 saturated heterocycles. The maximum atomic E-state index is 12.9. The van der Waals surface area contributed by atoms with E-state index in [4.69, 9.17) is 19.2 Å². The van der Waals surface area contributed by atoms with Gasteiger partial charge in [-0.25, -0.2) is 4.98 Å². The number of fused-ring (bicyclic) bond motifs is 1. The molecule has 1 amide bonds. The molecule has 1 atom stereocenters. The van der Waals surface area contributed by atoms with Gasteiger partial charge in [0.05, 0.1) is 44.3 Å². The van der Waals surface area contributed by atoms with E-state index in [1.807, 2.05) is 49.4 Å². The summed E-state index contributed by atoms with van der Waals surface area (Å²) < 4.78 is 18.8. The summed E-state index contributed by atoms with van der Waals surface area (Å²) in [5.41, 5.74) is 5.35. The Balaban J connectivity index is 1.39. The van der Waals surface area contributed by atoms with E-state index in [1.54, 1.807) is 14.2 Å². The van der Waals surface area contributed by atoms with Crippen molar-refractivity contribution >= 4 is 16.9 Å². The monoisotopic (exact) mass is 515 g/mol. The van der Waals surface area contributed by atoms with Crippen molar-refractivity contribution in [3.63, 3.8) is 0 Å². The average Bonchev–Trinajstić information content (AvgIpc) is 3.29. The fourth-order valence-electron chi connectivity index (χ4n) is 4.56. The van der Waals surface area contributed by atoms with Crippen molar-refractivity contribution in [2.75, 3.05) is 20.8 Å². The summed E-state index contributed by atoms with van der Waals surface area (Å²) in [6, 6.07) is 19.6. The van der Waals surface area contributed by atoms with Gasteiger partial charge >= 0.3 is 0 Å². The second-order valence-corrected chi connectivity index (χ2v) is 9.57. The van der Waals surface area contributed by atoms with E-state index < -0.39 is 0 Å². The minimum absolute atomic E-state index is 0.0786. The Morgan fingerprint density at radius 2 is 1.74 bits per heavy atom. The van der Waals surface area contributed by atoms with E-state index in [-0.39, 0.29) is 18.4 Å². The Kier molecular flexibility index (Phi) is 8.89. The van der Waals surface area contributed by atoms with Crippen LogP contribution in [0.15, 0.2) is 60.7 Å². The lowest BCUT2D eigenvalue weighted by Crippen LogP contribution is -2.30. The van der Waals surface area contributed by atoms with Crippen molar-refractivity contribution in [2.45, 2.75) is 52.6 Å². The Hall–Kier alpha value is -4.00. The van der Waals surface area contributed by atoms with E-state index >= 15 is 0 Å². The summed E-state index contributed by atoms with van der Waals surface area (Å²) in [6.45, 7) is 7.63. The van der Waals surface area contributed by atoms with Crippen molar-refractivity contribution in [2.24, 2.45) is 0 Å². The van der Waals surface area contributed by atoms with Crippen LogP contribution >= 0.6 is 0 Å². The number of nitrogens with one attached hydrogen (secondary N) is 1. The maximum Gasteiger partial charge on any atom is 0.224 e. The molecule has 7 heteroatoms. The van der Waals surface area contributed by atoms with Gasteiger partial charge in [0.1, 0.15) is 11.6 Å². The zero-order chi connectivity index (χ0) is 27.1. The van der Waals surface area contributed by atoms with Crippen molar-refractivity contribution in [1.82, 2.24) is 14.9 Å². The molecule has 0 spiro atoms. The third-order valence-electron chi connectivity index (χ3n) is 6.78. The van der Waals surface area contributed by atoms with Gasteiger partial charge in [-0.3, -0.25) is 4.79 Å². The number of aromatic nitrogens is 2. The van der Waals surface area contributed by atoms with Gasteiger partial charge in [0.15, 0.2) is 11.5 Å². The number of benzene rings is 3. The molecule has 1 N–H and O–H groups in total. The lowest BCUT2D eigenvalue weighted by Gasteiger charge is -2.17. The van der Waals surface area contributed by atoms with Crippen LogP contribution in [0.3, 0.4) is 0 Å². The van der Waals surface area contributed by atoms with Crippen LogP contribution < -0.4 is 19.5 Å². The van der Waals surface area contributed by atoms with E-state index in [9.17, 15) is 4.79 Å². The Bertz CT molecular complexity index is 1400. The van der Waals surface area contributed by atoms with Gasteiger partial charge < -0.3 is 24.1 Å². The third-order valence-corrected chi connectivity index (χ3v) is 6.78. The van der Waals surface area contributed by atoms with Gasteiger partial charge in [0.2, 0.25) is 5.91 Å². The Labute approximate surface area is 224 Å². The second kappa shape index (κ2) is 12.5. The highest BCUT2D eigenvalue weighted by Gasteiger charge is 2.19. The molecule has 0 fully saturated rings. The Morgan fingerprint density at radius 3 is 2.50 bits per heavy atom. The van der Waals surface area contributed by atoms with Gasteiger partial charge in [-0.2, -0.15) is 0 Å². The van der Waals surface area contributed by atoms with Crippen LogP contribution in [0.5, 0.6) is 17.2 Å². The minimum Gasteiger partial charge on any atom is -0.494 e. The first-order valence-electron chi connectivity index (χ1n) is 13.0. The fraction of sp³-hybridized carbons (Fsp3) is 0.355. The third kappa shape index (κ3) is 6.46.